The predicted molar refractivity (Wildman–Crippen MR) is 208 cm³/mol. The summed E-state index contributed by atoms with van der Waals surface area (Å²) in [5.41, 5.74) is 2.54. The summed E-state index contributed by atoms with van der Waals surface area (Å²) in [5.74, 6) is -0.168. The molecule has 0 bridgehead atoms. The largest absolute Gasteiger partial charge is 0.291 e. The molecule has 12 heteroatoms. The van der Waals surface area contributed by atoms with Crippen LogP contribution in [0.15, 0.2) is 183 Å². The summed E-state index contributed by atoms with van der Waals surface area (Å²) in [4.78, 5) is 16.4. The lowest BCUT2D eigenvalue weighted by Gasteiger charge is -2.31. The second kappa shape index (κ2) is 18.4. The molecule has 52 heavy (non-hydrogen) atoms. The molecule has 6 aromatic rings. The summed E-state index contributed by atoms with van der Waals surface area (Å²) in [6.45, 7) is 2.02. The zero-order valence-electron chi connectivity index (χ0n) is 27.6. The predicted octanol–water partition coefficient (Wildman–Crippen LogP) is 6.61. The molecule has 0 aliphatic heterocycles. The van der Waals surface area contributed by atoms with Crippen LogP contribution < -0.4 is 35.2 Å². The van der Waals surface area contributed by atoms with E-state index in [9.17, 15) is 4.79 Å². The first kappa shape index (κ1) is 39.6. The minimum atomic E-state index is -4.69. The standard InChI is InChI=1S/C40H30Cl2NOPS2.ClHO4/c1-29-17-19-30(20-18-29)38(44)43-39(40(46-36-25-21-31(41)22-26-36)47-37-27-23-32(42)24-28-37)45(33-11-5-2-6-12-33,34-13-7-3-8-14-34)35-15-9-4-10-16-35;2-1(3,4)5/h2-28H,1H3;(H,2,3,4,5)/p+1. The van der Waals surface area contributed by atoms with Gasteiger partial charge in [0.05, 0.1) is 14.9 Å². The van der Waals surface area contributed by atoms with Gasteiger partial charge in [-0.15, -0.1) is 0 Å². The van der Waals surface area contributed by atoms with Gasteiger partial charge in [-0.25, -0.2) is 0 Å². The zero-order valence-corrected chi connectivity index (χ0v) is 32.4. The Kier molecular flexibility index (Phi) is 14.0. The zero-order chi connectivity index (χ0) is 37.1. The van der Waals surface area contributed by atoms with E-state index in [0.29, 0.717) is 15.6 Å². The highest BCUT2D eigenvalue weighted by molar-refractivity contribution is 8.23. The van der Waals surface area contributed by atoms with Crippen LogP contribution in [0.25, 0.3) is 0 Å². The van der Waals surface area contributed by atoms with Gasteiger partial charge in [-0.2, -0.15) is 14.0 Å². The third kappa shape index (κ3) is 10.7. The number of amides is 1. The highest BCUT2D eigenvalue weighted by Gasteiger charge is 2.52. The van der Waals surface area contributed by atoms with E-state index in [1.807, 2.05) is 97.9 Å². The van der Waals surface area contributed by atoms with Gasteiger partial charge in [0.1, 0.15) is 20.2 Å². The molecule has 0 saturated carbocycles. The summed E-state index contributed by atoms with van der Waals surface area (Å²) in [6.07, 6.45) is 0. The van der Waals surface area contributed by atoms with Gasteiger partial charge in [-0.05, 0) is 104 Å². The van der Waals surface area contributed by atoms with Crippen molar-refractivity contribution < 1.29 is 33.7 Å². The number of rotatable bonds is 10. The van der Waals surface area contributed by atoms with Gasteiger partial charge < -0.3 is 0 Å². The molecule has 0 saturated heterocycles. The summed E-state index contributed by atoms with van der Waals surface area (Å²) >= 11 is 15.9. The molecule has 0 unspecified atom stereocenters. The molecule has 0 spiro atoms. The van der Waals surface area contributed by atoms with Crippen molar-refractivity contribution in [3.05, 3.63) is 195 Å². The number of hydrogen-bond donors (Lipinski definition) is 2. The quantitative estimate of drug-likeness (QED) is 0.118. The van der Waals surface area contributed by atoms with Crippen molar-refractivity contribution in [3.63, 3.8) is 0 Å². The topological polar surface area (TPSA) is 119 Å². The highest BCUT2D eigenvalue weighted by atomic mass is 35.7. The van der Waals surface area contributed by atoms with Gasteiger partial charge in [-0.1, -0.05) is 119 Å². The molecule has 2 N–H and O–H groups in total. The van der Waals surface area contributed by atoms with Gasteiger partial charge in [0, 0.05) is 25.4 Å². The number of carbonyl (C=O) groups is 1. The van der Waals surface area contributed by atoms with Crippen LogP contribution in [-0.2, 0) is 0 Å². The maximum absolute atomic E-state index is 14.4. The van der Waals surface area contributed by atoms with Crippen molar-refractivity contribution in [3.8, 4) is 0 Å². The highest BCUT2D eigenvalue weighted by Crippen LogP contribution is 2.65. The lowest BCUT2D eigenvalue weighted by atomic mass is 10.1. The molecule has 6 nitrogen and oxygen atoms in total. The van der Waals surface area contributed by atoms with Crippen LogP contribution in [0.1, 0.15) is 15.9 Å². The van der Waals surface area contributed by atoms with Crippen LogP contribution >= 0.6 is 54.0 Å². The van der Waals surface area contributed by atoms with E-state index >= 15 is 0 Å². The molecule has 0 fully saturated rings. The monoisotopic (exact) mass is 806 g/mol. The molecular formula is C40H32Cl3NO5PS2+. The number of nitrogens with one attached hydrogen (secondary N) is 1. The van der Waals surface area contributed by atoms with Crippen molar-refractivity contribution in [2.75, 3.05) is 0 Å². The minimum Gasteiger partial charge on any atom is -0.291 e. The fourth-order valence-corrected chi connectivity index (χ4v) is 12.7. The Morgan fingerprint density at radius 1 is 0.596 bits per heavy atom. The van der Waals surface area contributed by atoms with Gasteiger partial charge in [0.15, 0.2) is 12.7 Å². The first-order valence-corrected chi connectivity index (χ1v) is 21.1. The average molecular weight is 808 g/mol. The molecule has 264 valence electrons. The van der Waals surface area contributed by atoms with Gasteiger partial charge in [0.25, 0.3) is 5.91 Å². The van der Waals surface area contributed by atoms with Crippen molar-refractivity contribution in [1.29, 1.82) is 0 Å². The number of benzene rings is 6. The number of carbonyl (C=O) groups excluding carboxylic acids is 1. The van der Waals surface area contributed by atoms with E-state index in [1.165, 1.54) is 0 Å². The lowest BCUT2D eigenvalue weighted by molar-refractivity contribution is -1.92. The third-order valence-electron chi connectivity index (χ3n) is 7.55. The van der Waals surface area contributed by atoms with Crippen LogP contribution in [0.2, 0.25) is 10.0 Å². The second-order valence-corrected chi connectivity index (χ2v) is 18.6. The van der Waals surface area contributed by atoms with Crippen LogP contribution in [0.3, 0.4) is 0 Å². The normalized spacial score (nSPS) is 11.2. The Bertz CT molecular complexity index is 1930. The molecule has 6 rings (SSSR count). The minimum absolute atomic E-state index is 0.168. The Balaban J connectivity index is 0.000000979. The van der Waals surface area contributed by atoms with Crippen LogP contribution in [0.5, 0.6) is 0 Å². The molecule has 0 aliphatic carbocycles. The third-order valence-corrected chi connectivity index (χ3v) is 14.9. The number of aryl methyl sites for hydroxylation is 1. The smallest absolute Gasteiger partial charge is 0.258 e. The molecule has 0 aromatic heterocycles. The van der Waals surface area contributed by atoms with Crippen molar-refractivity contribution in [2.45, 2.75) is 16.7 Å². The van der Waals surface area contributed by atoms with E-state index in [1.54, 1.807) is 23.5 Å². The maximum atomic E-state index is 14.4. The maximum Gasteiger partial charge on any atom is 0.258 e. The Hall–Kier alpha value is -3.63. The van der Waals surface area contributed by atoms with Crippen molar-refractivity contribution in [1.82, 2.24) is 5.32 Å². The molecule has 0 atom stereocenters. The molecule has 6 aromatic carbocycles. The molecular weight excluding hydrogens is 776 g/mol. The fourth-order valence-electron chi connectivity index (χ4n) is 5.28. The number of thioether (sulfide) groups is 2. The van der Waals surface area contributed by atoms with Crippen molar-refractivity contribution in [2.24, 2.45) is 0 Å². The average Bonchev–Trinajstić information content (AvgIpc) is 3.14. The van der Waals surface area contributed by atoms with Crippen LogP contribution in [-0.4, -0.2) is 10.6 Å². The Morgan fingerprint density at radius 3 is 1.29 bits per heavy atom. The van der Waals surface area contributed by atoms with E-state index in [0.717, 1.165) is 40.9 Å². The van der Waals surface area contributed by atoms with E-state index < -0.39 is 17.5 Å². The summed E-state index contributed by atoms with van der Waals surface area (Å²) < 4.78 is 33.7. The molecule has 0 radical (unpaired) electrons. The van der Waals surface area contributed by atoms with E-state index in [-0.39, 0.29) is 5.91 Å². The first-order valence-electron chi connectivity index (χ1n) is 15.6. The van der Waals surface area contributed by atoms with Gasteiger partial charge in [0.2, 0.25) is 0 Å². The van der Waals surface area contributed by atoms with E-state index in [4.69, 9.17) is 41.8 Å². The second-order valence-electron chi connectivity index (χ2n) is 11.1. The Morgan fingerprint density at radius 2 is 0.942 bits per heavy atom. The van der Waals surface area contributed by atoms with Gasteiger partial charge in [-0.3, -0.25) is 10.1 Å². The van der Waals surface area contributed by atoms with Crippen molar-refractivity contribution >= 4 is 75.8 Å². The summed E-state index contributed by atoms with van der Waals surface area (Å²) in [6, 6.07) is 55.0. The fraction of sp³-hybridized carbons (Fsp3) is 0.0250. The first-order chi connectivity index (χ1) is 24.9. The van der Waals surface area contributed by atoms with Crippen LogP contribution in [0.4, 0.5) is 0 Å². The molecule has 0 heterocycles. The van der Waals surface area contributed by atoms with E-state index in [2.05, 4.69) is 78.1 Å². The number of hydrogen-bond acceptors (Lipinski definition) is 7. The Labute approximate surface area is 324 Å². The summed E-state index contributed by atoms with van der Waals surface area (Å²) in [5, 5.41) is 8.26. The SMILES string of the molecule is Cc1ccc(C(=O)NC(=C(Sc2ccc(Cl)cc2)Sc2ccc(Cl)cc2)[P+](c2ccccc2)(c2ccccc2)c2ccccc2)cc1.[O-][Cl+3]([O-])([O-])O. The molecule has 0 aliphatic rings. The van der Waals surface area contributed by atoms with Crippen LogP contribution in [0, 0.1) is 17.2 Å². The molecule has 1 amide bonds. The lowest BCUT2D eigenvalue weighted by Crippen LogP contribution is -2.58. The summed E-state index contributed by atoms with van der Waals surface area (Å²) in [7, 11) is -7.44. The van der Waals surface area contributed by atoms with Gasteiger partial charge >= 0.3 is 0 Å². The number of halogens is 3.